The van der Waals surface area contributed by atoms with Crippen molar-refractivity contribution in [3.05, 3.63) is 34.9 Å². The number of aliphatic carboxylic acids is 1. The van der Waals surface area contributed by atoms with Crippen LogP contribution < -0.4 is 5.32 Å². The Labute approximate surface area is 141 Å². The molecule has 1 heterocycles. The average molecular weight is 340 g/mol. The van der Waals surface area contributed by atoms with Gasteiger partial charge in [-0.3, -0.25) is 9.59 Å². The second-order valence-corrected chi connectivity index (χ2v) is 6.39. The van der Waals surface area contributed by atoms with Crippen molar-refractivity contribution in [2.24, 2.45) is 0 Å². The first-order valence-corrected chi connectivity index (χ1v) is 8.24. The van der Waals surface area contributed by atoms with Gasteiger partial charge in [0.25, 0.3) is 0 Å². The fourth-order valence-corrected chi connectivity index (χ4v) is 2.90. The number of amides is 1. The van der Waals surface area contributed by atoms with Crippen molar-refractivity contribution in [1.29, 1.82) is 0 Å². The van der Waals surface area contributed by atoms with Crippen molar-refractivity contribution in [2.75, 3.05) is 0 Å². The second-order valence-electron chi connectivity index (χ2n) is 5.95. The molecule has 0 saturated carbocycles. The molecule has 1 aliphatic heterocycles. The topological polar surface area (TPSA) is 75.6 Å². The fourth-order valence-electron chi connectivity index (χ4n) is 2.78. The van der Waals surface area contributed by atoms with E-state index in [2.05, 4.69) is 5.32 Å². The molecule has 0 radical (unpaired) electrons. The summed E-state index contributed by atoms with van der Waals surface area (Å²) < 4.78 is 5.69. The van der Waals surface area contributed by atoms with Gasteiger partial charge in [0, 0.05) is 11.4 Å². The van der Waals surface area contributed by atoms with Gasteiger partial charge in [0.15, 0.2) is 0 Å². The van der Waals surface area contributed by atoms with E-state index in [1.54, 1.807) is 24.3 Å². The molecule has 0 bridgehead atoms. The molecule has 1 aromatic carbocycles. The second kappa shape index (κ2) is 8.31. The van der Waals surface area contributed by atoms with Gasteiger partial charge in [-0.1, -0.05) is 23.7 Å². The number of carbonyl (C=O) groups is 2. The van der Waals surface area contributed by atoms with Crippen LogP contribution in [-0.2, 0) is 14.3 Å². The summed E-state index contributed by atoms with van der Waals surface area (Å²) in [6.07, 6.45) is 3.23. The third kappa shape index (κ3) is 5.84. The maximum absolute atomic E-state index is 12.1. The molecule has 0 spiro atoms. The van der Waals surface area contributed by atoms with Crippen molar-refractivity contribution in [2.45, 2.75) is 57.3 Å². The zero-order chi connectivity index (χ0) is 16.8. The highest BCUT2D eigenvalue weighted by Crippen LogP contribution is 2.23. The summed E-state index contributed by atoms with van der Waals surface area (Å²) in [4.78, 5) is 23.2. The van der Waals surface area contributed by atoms with E-state index in [4.69, 9.17) is 21.4 Å². The Kier molecular flexibility index (Phi) is 6.42. The number of carboxylic acids is 1. The largest absolute Gasteiger partial charge is 0.481 e. The Hall–Kier alpha value is -1.59. The molecule has 0 aliphatic carbocycles. The van der Waals surface area contributed by atoms with Crippen LogP contribution in [0.2, 0.25) is 5.02 Å². The minimum atomic E-state index is -0.960. The molecule has 126 valence electrons. The van der Waals surface area contributed by atoms with Gasteiger partial charge < -0.3 is 15.2 Å². The highest BCUT2D eigenvalue weighted by atomic mass is 35.5. The zero-order valence-electron chi connectivity index (χ0n) is 13.1. The van der Waals surface area contributed by atoms with E-state index in [1.807, 2.05) is 6.92 Å². The van der Waals surface area contributed by atoms with Crippen molar-refractivity contribution < 1.29 is 19.4 Å². The van der Waals surface area contributed by atoms with Crippen LogP contribution in [0.25, 0.3) is 0 Å². The van der Waals surface area contributed by atoms with Crippen LogP contribution in [0.3, 0.4) is 0 Å². The molecule has 2 rings (SSSR count). The van der Waals surface area contributed by atoms with Crippen LogP contribution in [0.4, 0.5) is 0 Å². The highest BCUT2D eigenvalue weighted by molar-refractivity contribution is 6.30. The minimum absolute atomic E-state index is 0.129. The smallest absolute Gasteiger partial charge is 0.305 e. The normalized spacial score (nSPS) is 21.8. The molecular formula is C17H22ClNO4. The van der Waals surface area contributed by atoms with Crippen LogP contribution >= 0.6 is 11.6 Å². The predicted octanol–water partition coefficient (Wildman–Crippen LogP) is 3.32. The van der Waals surface area contributed by atoms with E-state index >= 15 is 0 Å². The van der Waals surface area contributed by atoms with Gasteiger partial charge >= 0.3 is 5.97 Å². The fraction of sp³-hybridized carbons (Fsp3) is 0.529. The maximum atomic E-state index is 12.1. The van der Waals surface area contributed by atoms with Gasteiger partial charge in [-0.15, -0.1) is 0 Å². The van der Waals surface area contributed by atoms with Crippen molar-refractivity contribution in [3.8, 4) is 0 Å². The Balaban J connectivity index is 1.90. The van der Waals surface area contributed by atoms with Crippen LogP contribution in [0, 0.1) is 0 Å². The Bertz CT molecular complexity index is 546. The molecule has 2 N–H and O–H groups in total. The lowest BCUT2D eigenvalue weighted by atomic mass is 10.0. The molecule has 5 nitrogen and oxygen atoms in total. The minimum Gasteiger partial charge on any atom is -0.481 e. The summed E-state index contributed by atoms with van der Waals surface area (Å²) in [6.45, 7) is 2.03. The third-order valence-electron chi connectivity index (χ3n) is 4.00. The number of halogens is 1. The van der Waals surface area contributed by atoms with Gasteiger partial charge in [-0.2, -0.15) is 0 Å². The van der Waals surface area contributed by atoms with Crippen LogP contribution in [0.5, 0.6) is 0 Å². The van der Waals surface area contributed by atoms with Gasteiger partial charge in [0.2, 0.25) is 5.91 Å². The lowest BCUT2D eigenvalue weighted by molar-refractivity contribution is -0.137. The number of hydrogen-bond donors (Lipinski definition) is 2. The first kappa shape index (κ1) is 17.8. The molecule has 3 atom stereocenters. The first-order chi connectivity index (χ1) is 10.9. The summed E-state index contributed by atoms with van der Waals surface area (Å²) in [5.74, 6) is -1.12. The van der Waals surface area contributed by atoms with Crippen molar-refractivity contribution in [1.82, 2.24) is 5.32 Å². The number of carbonyl (C=O) groups excluding carboxylic acids is 1. The van der Waals surface area contributed by atoms with Gasteiger partial charge in [-0.05, 0) is 43.9 Å². The van der Waals surface area contributed by atoms with E-state index < -0.39 is 12.0 Å². The summed E-state index contributed by atoms with van der Waals surface area (Å²) in [7, 11) is 0. The van der Waals surface area contributed by atoms with Gasteiger partial charge in [-0.25, -0.2) is 0 Å². The lowest BCUT2D eigenvalue weighted by Crippen LogP contribution is -2.30. The first-order valence-electron chi connectivity index (χ1n) is 7.86. The molecule has 6 heteroatoms. The molecule has 23 heavy (non-hydrogen) atoms. The van der Waals surface area contributed by atoms with Crippen LogP contribution in [0.1, 0.15) is 50.6 Å². The number of hydrogen-bond acceptors (Lipinski definition) is 3. The monoisotopic (exact) mass is 339 g/mol. The number of nitrogens with one attached hydrogen (secondary N) is 1. The molecule has 2 unspecified atom stereocenters. The Morgan fingerprint density at radius 2 is 2.04 bits per heavy atom. The summed E-state index contributed by atoms with van der Waals surface area (Å²) in [5.41, 5.74) is 0.732. The zero-order valence-corrected chi connectivity index (χ0v) is 13.9. The summed E-state index contributed by atoms with van der Waals surface area (Å²) in [6, 6.07) is 6.29. The van der Waals surface area contributed by atoms with E-state index in [0.29, 0.717) is 17.9 Å². The Morgan fingerprint density at radius 1 is 1.35 bits per heavy atom. The number of rotatable bonds is 7. The molecule has 0 aromatic heterocycles. The standard InChI is InChI=1S/C17H22ClNO4/c1-11-2-7-14(23-11)8-9-16(20)19-15(10-17(21)22)12-3-5-13(18)6-4-12/h3-6,11,14-15H,2,7-10H2,1H3,(H,19,20)(H,21,22)/t11?,14?,15-/m0/s1. The average Bonchev–Trinajstić information content (AvgIpc) is 2.90. The maximum Gasteiger partial charge on any atom is 0.305 e. The predicted molar refractivity (Wildman–Crippen MR) is 87.4 cm³/mol. The molecule has 1 aromatic rings. The van der Waals surface area contributed by atoms with Crippen molar-refractivity contribution in [3.63, 3.8) is 0 Å². The third-order valence-corrected chi connectivity index (χ3v) is 4.25. The van der Waals surface area contributed by atoms with Crippen molar-refractivity contribution >= 4 is 23.5 Å². The summed E-state index contributed by atoms with van der Waals surface area (Å²) >= 11 is 5.84. The number of ether oxygens (including phenoxy) is 1. The quantitative estimate of drug-likeness (QED) is 0.799. The molecular weight excluding hydrogens is 318 g/mol. The Morgan fingerprint density at radius 3 is 2.61 bits per heavy atom. The van der Waals surface area contributed by atoms with Gasteiger partial charge in [0.05, 0.1) is 24.7 Å². The number of carboxylic acid groups (broad SMARTS) is 1. The van der Waals surface area contributed by atoms with E-state index in [9.17, 15) is 9.59 Å². The highest BCUT2D eigenvalue weighted by Gasteiger charge is 2.23. The van der Waals surface area contributed by atoms with Gasteiger partial charge in [0.1, 0.15) is 0 Å². The van der Waals surface area contributed by atoms with E-state index in [-0.39, 0.29) is 24.5 Å². The summed E-state index contributed by atoms with van der Waals surface area (Å²) in [5, 5.41) is 12.4. The van der Waals surface area contributed by atoms with Crippen LogP contribution in [0.15, 0.2) is 24.3 Å². The molecule has 1 amide bonds. The van der Waals surface area contributed by atoms with E-state index in [0.717, 1.165) is 18.4 Å². The van der Waals surface area contributed by atoms with Crippen LogP contribution in [-0.4, -0.2) is 29.2 Å². The van der Waals surface area contributed by atoms with E-state index in [1.165, 1.54) is 0 Å². The molecule has 1 fully saturated rings. The molecule has 1 saturated heterocycles. The SMILES string of the molecule is CC1CCC(CCC(=O)N[C@@H](CC(=O)O)c2ccc(Cl)cc2)O1. The number of benzene rings is 1. The molecule has 1 aliphatic rings. The lowest BCUT2D eigenvalue weighted by Gasteiger charge is -2.18.